The van der Waals surface area contributed by atoms with Gasteiger partial charge in [0.05, 0.1) is 13.1 Å². The molecule has 3 rings (SSSR count). The summed E-state index contributed by atoms with van der Waals surface area (Å²) in [6.45, 7) is 0.658. The minimum atomic E-state index is -0.684. The maximum atomic E-state index is 12.3. The number of carbonyl (C=O) groups is 4. The van der Waals surface area contributed by atoms with Crippen LogP contribution in [0, 0.1) is 0 Å². The molecule has 0 unspecified atom stereocenters. The fourth-order valence-corrected chi connectivity index (χ4v) is 3.51. The summed E-state index contributed by atoms with van der Waals surface area (Å²) in [5.41, 5.74) is 0. The average Bonchev–Trinajstić information content (AvgIpc) is 2.58. The maximum Gasteiger partial charge on any atom is 0.312 e. The summed E-state index contributed by atoms with van der Waals surface area (Å²) in [6, 6.07) is -0.613. The predicted molar refractivity (Wildman–Crippen MR) is 80.1 cm³/mol. The van der Waals surface area contributed by atoms with Gasteiger partial charge in [-0.3, -0.25) is 19.2 Å². The maximum absolute atomic E-state index is 12.3. The van der Waals surface area contributed by atoms with Crippen molar-refractivity contribution >= 4 is 23.6 Å². The summed E-state index contributed by atoms with van der Waals surface area (Å²) in [6.07, 6.45) is 5.14. The van der Waals surface area contributed by atoms with Crippen LogP contribution in [-0.4, -0.2) is 71.7 Å². The molecule has 23 heavy (non-hydrogen) atoms. The molecule has 0 aromatic carbocycles. The van der Waals surface area contributed by atoms with Crippen LogP contribution in [0.3, 0.4) is 0 Å². The molecule has 0 bridgehead atoms. The van der Waals surface area contributed by atoms with Gasteiger partial charge in [-0.15, -0.1) is 0 Å². The Kier molecular flexibility index (Phi) is 4.49. The second kappa shape index (κ2) is 6.55. The van der Waals surface area contributed by atoms with E-state index in [0.29, 0.717) is 6.54 Å². The lowest BCUT2D eigenvalue weighted by molar-refractivity contribution is -0.155. The molecule has 2 saturated heterocycles. The first-order valence-corrected chi connectivity index (χ1v) is 8.23. The Hall–Kier alpha value is -2.12. The van der Waals surface area contributed by atoms with Crippen molar-refractivity contribution < 1.29 is 19.2 Å². The summed E-state index contributed by atoms with van der Waals surface area (Å²) >= 11 is 0. The number of rotatable bonds is 1. The predicted octanol–water partition coefficient (Wildman–Crippen LogP) is -1.40. The van der Waals surface area contributed by atoms with E-state index in [-0.39, 0.29) is 37.5 Å². The Morgan fingerprint density at radius 1 is 1.09 bits per heavy atom. The molecule has 1 atom stereocenters. The molecule has 0 aromatic heterocycles. The van der Waals surface area contributed by atoms with Gasteiger partial charge >= 0.3 is 11.8 Å². The van der Waals surface area contributed by atoms with Crippen molar-refractivity contribution in [1.29, 1.82) is 0 Å². The molecule has 126 valence electrons. The highest BCUT2D eigenvalue weighted by Crippen LogP contribution is 2.18. The van der Waals surface area contributed by atoms with Gasteiger partial charge in [-0.2, -0.15) is 0 Å². The van der Waals surface area contributed by atoms with Crippen molar-refractivity contribution in [2.24, 2.45) is 0 Å². The van der Waals surface area contributed by atoms with Crippen molar-refractivity contribution in [2.75, 3.05) is 26.2 Å². The highest BCUT2D eigenvalue weighted by Gasteiger charge is 2.41. The average molecular weight is 322 g/mol. The molecule has 1 aliphatic carbocycles. The molecular weight excluding hydrogens is 300 g/mol. The van der Waals surface area contributed by atoms with E-state index in [1.165, 1.54) is 16.2 Å². The molecule has 0 aromatic rings. The summed E-state index contributed by atoms with van der Waals surface area (Å²) in [5, 5.41) is 5.31. The first-order valence-electron chi connectivity index (χ1n) is 8.23. The van der Waals surface area contributed by atoms with Gasteiger partial charge in [0.1, 0.15) is 6.04 Å². The van der Waals surface area contributed by atoms with E-state index in [1.807, 2.05) is 0 Å². The number of hydrogen-bond acceptors (Lipinski definition) is 4. The smallest absolute Gasteiger partial charge is 0.312 e. The van der Waals surface area contributed by atoms with E-state index in [4.69, 9.17) is 0 Å². The van der Waals surface area contributed by atoms with Gasteiger partial charge in [-0.05, 0) is 12.8 Å². The zero-order valence-electron chi connectivity index (χ0n) is 13.0. The first kappa shape index (κ1) is 15.8. The van der Waals surface area contributed by atoms with E-state index < -0.39 is 17.9 Å². The fourth-order valence-electron chi connectivity index (χ4n) is 3.51. The van der Waals surface area contributed by atoms with Gasteiger partial charge in [0, 0.05) is 19.1 Å². The number of amides is 4. The quantitative estimate of drug-likeness (QED) is 0.580. The van der Waals surface area contributed by atoms with Crippen LogP contribution in [0.25, 0.3) is 0 Å². The zero-order chi connectivity index (χ0) is 16.4. The van der Waals surface area contributed by atoms with Crippen molar-refractivity contribution in [2.45, 2.75) is 44.2 Å². The SMILES string of the molecule is O=C(NC1CCCCC1)C(=O)N1CCN2C(=O)CNC(=O)[C@H]2C1. The van der Waals surface area contributed by atoms with E-state index in [1.54, 1.807) is 0 Å². The number of hydrogen-bond donors (Lipinski definition) is 2. The number of fused-ring (bicyclic) bond motifs is 1. The molecule has 2 aliphatic heterocycles. The van der Waals surface area contributed by atoms with Crippen LogP contribution in [0.2, 0.25) is 0 Å². The van der Waals surface area contributed by atoms with E-state index in [9.17, 15) is 19.2 Å². The molecule has 3 aliphatic rings. The standard InChI is InChI=1S/C15H22N4O4/c20-12-8-16-13(21)11-9-18(6-7-19(11)12)15(23)14(22)17-10-4-2-1-3-5-10/h10-11H,1-9H2,(H,16,21)(H,17,22)/t11-/m1/s1. The van der Waals surface area contributed by atoms with Crippen LogP contribution in [0.15, 0.2) is 0 Å². The summed E-state index contributed by atoms with van der Waals surface area (Å²) in [7, 11) is 0. The van der Waals surface area contributed by atoms with Crippen LogP contribution >= 0.6 is 0 Å². The van der Waals surface area contributed by atoms with Crippen LogP contribution in [0.5, 0.6) is 0 Å². The highest BCUT2D eigenvalue weighted by molar-refractivity contribution is 6.35. The highest BCUT2D eigenvalue weighted by atomic mass is 16.2. The van der Waals surface area contributed by atoms with E-state index in [2.05, 4.69) is 10.6 Å². The second-order valence-corrected chi connectivity index (χ2v) is 6.38. The van der Waals surface area contributed by atoms with Crippen LogP contribution in [-0.2, 0) is 19.2 Å². The van der Waals surface area contributed by atoms with Gasteiger partial charge in [0.25, 0.3) is 0 Å². The monoisotopic (exact) mass is 322 g/mol. The Morgan fingerprint density at radius 2 is 1.83 bits per heavy atom. The number of nitrogens with zero attached hydrogens (tertiary/aromatic N) is 2. The number of piperazine rings is 2. The molecule has 2 heterocycles. The second-order valence-electron chi connectivity index (χ2n) is 6.38. The molecule has 0 radical (unpaired) electrons. The lowest BCUT2D eigenvalue weighted by Crippen LogP contribution is -2.67. The van der Waals surface area contributed by atoms with Crippen LogP contribution in [0.1, 0.15) is 32.1 Å². The normalized spacial score (nSPS) is 25.7. The molecular formula is C15H22N4O4. The van der Waals surface area contributed by atoms with Crippen molar-refractivity contribution in [1.82, 2.24) is 20.4 Å². The molecule has 1 saturated carbocycles. The Bertz CT molecular complexity index is 530. The molecule has 0 spiro atoms. The topological polar surface area (TPSA) is 98.8 Å². The molecule has 8 nitrogen and oxygen atoms in total. The van der Waals surface area contributed by atoms with Crippen LogP contribution in [0.4, 0.5) is 0 Å². The van der Waals surface area contributed by atoms with Gasteiger partial charge in [0.15, 0.2) is 0 Å². The summed E-state index contributed by atoms with van der Waals surface area (Å²) in [4.78, 5) is 51.0. The number of carbonyl (C=O) groups excluding carboxylic acids is 4. The van der Waals surface area contributed by atoms with Crippen molar-refractivity contribution in [3.63, 3.8) is 0 Å². The minimum Gasteiger partial charge on any atom is -0.345 e. The lowest BCUT2D eigenvalue weighted by atomic mass is 9.95. The first-order chi connectivity index (χ1) is 11.1. The van der Waals surface area contributed by atoms with Crippen molar-refractivity contribution in [3.8, 4) is 0 Å². The van der Waals surface area contributed by atoms with Crippen molar-refractivity contribution in [3.05, 3.63) is 0 Å². The summed E-state index contributed by atoms with van der Waals surface area (Å²) in [5.74, 6) is -1.63. The Balaban J connectivity index is 1.58. The third kappa shape index (κ3) is 3.30. The van der Waals surface area contributed by atoms with Gasteiger partial charge in [-0.1, -0.05) is 19.3 Å². The van der Waals surface area contributed by atoms with E-state index >= 15 is 0 Å². The Labute approximate surface area is 134 Å². The lowest BCUT2D eigenvalue weighted by Gasteiger charge is -2.42. The molecule has 4 amide bonds. The third-order valence-electron chi connectivity index (χ3n) is 4.84. The molecule has 8 heteroatoms. The van der Waals surface area contributed by atoms with E-state index in [0.717, 1.165) is 25.7 Å². The third-order valence-corrected chi connectivity index (χ3v) is 4.84. The fraction of sp³-hybridized carbons (Fsp3) is 0.733. The minimum absolute atomic E-state index is 0.00540. The van der Waals surface area contributed by atoms with Gasteiger partial charge in [-0.25, -0.2) is 0 Å². The number of nitrogens with one attached hydrogen (secondary N) is 2. The van der Waals surface area contributed by atoms with Gasteiger partial charge < -0.3 is 20.4 Å². The van der Waals surface area contributed by atoms with Crippen LogP contribution < -0.4 is 10.6 Å². The Morgan fingerprint density at radius 3 is 2.57 bits per heavy atom. The largest absolute Gasteiger partial charge is 0.345 e. The van der Waals surface area contributed by atoms with Gasteiger partial charge in [0.2, 0.25) is 11.8 Å². The summed E-state index contributed by atoms with van der Waals surface area (Å²) < 4.78 is 0. The molecule has 2 N–H and O–H groups in total. The molecule has 3 fully saturated rings. The zero-order valence-corrected chi connectivity index (χ0v) is 13.0.